The molecule has 0 atom stereocenters. The van der Waals surface area contributed by atoms with Gasteiger partial charge in [-0.05, 0) is 68.5 Å². The van der Waals surface area contributed by atoms with E-state index in [1.54, 1.807) is 19.3 Å². The van der Waals surface area contributed by atoms with E-state index in [9.17, 15) is 8.42 Å². The molecule has 140 valence electrons. The summed E-state index contributed by atoms with van der Waals surface area (Å²) in [5, 5.41) is 0. The summed E-state index contributed by atoms with van der Waals surface area (Å²) in [5.41, 5.74) is 1.50. The van der Waals surface area contributed by atoms with Gasteiger partial charge >= 0.3 is 0 Å². The maximum atomic E-state index is 12.6. The second-order valence-electron chi connectivity index (χ2n) is 6.64. The molecule has 2 aromatic rings. The first-order chi connectivity index (χ1) is 12.6. The normalized spacial score (nSPS) is 15.6. The van der Waals surface area contributed by atoms with Gasteiger partial charge in [0.25, 0.3) is 0 Å². The molecule has 3 rings (SSSR count). The third-order valence-electron chi connectivity index (χ3n) is 4.73. The Morgan fingerprint density at radius 3 is 2.46 bits per heavy atom. The number of pyridine rings is 1. The number of benzene rings is 1. The molecular weight excluding hydrogens is 348 g/mol. The molecule has 0 spiro atoms. The van der Waals surface area contributed by atoms with E-state index < -0.39 is 10.0 Å². The Labute approximate surface area is 156 Å². The molecule has 0 aliphatic heterocycles. The topological polar surface area (TPSA) is 59.5 Å². The maximum Gasteiger partial charge on any atom is 0.235 e. The van der Waals surface area contributed by atoms with Gasteiger partial charge in [0, 0.05) is 12.4 Å². The van der Waals surface area contributed by atoms with Crippen LogP contribution in [0.15, 0.2) is 48.8 Å². The molecule has 5 nitrogen and oxygen atoms in total. The number of aromatic nitrogens is 1. The smallest absolute Gasteiger partial charge is 0.235 e. The van der Waals surface area contributed by atoms with Gasteiger partial charge in [-0.3, -0.25) is 9.29 Å². The van der Waals surface area contributed by atoms with Gasteiger partial charge in [-0.2, -0.15) is 0 Å². The molecule has 1 aliphatic carbocycles. The number of hydrogen-bond acceptors (Lipinski definition) is 4. The number of ether oxygens (including phenoxy) is 1. The van der Waals surface area contributed by atoms with Crippen LogP contribution in [0.3, 0.4) is 0 Å². The van der Waals surface area contributed by atoms with E-state index in [0.29, 0.717) is 5.69 Å². The molecule has 0 N–H and O–H groups in total. The van der Waals surface area contributed by atoms with E-state index in [-0.39, 0.29) is 18.4 Å². The Morgan fingerprint density at radius 1 is 1.12 bits per heavy atom. The second-order valence-corrected chi connectivity index (χ2v) is 8.82. The van der Waals surface area contributed by atoms with Crippen LogP contribution in [0.1, 0.15) is 44.6 Å². The molecular formula is C20H26N2O3S. The summed E-state index contributed by atoms with van der Waals surface area (Å²) in [7, 11) is -3.39. The van der Waals surface area contributed by atoms with Crippen molar-refractivity contribution in [3.8, 4) is 5.75 Å². The molecule has 0 saturated heterocycles. The van der Waals surface area contributed by atoms with Gasteiger partial charge < -0.3 is 4.74 Å². The van der Waals surface area contributed by atoms with E-state index >= 15 is 0 Å². The van der Waals surface area contributed by atoms with Crippen molar-refractivity contribution in [1.29, 1.82) is 0 Å². The van der Waals surface area contributed by atoms with Crippen LogP contribution >= 0.6 is 0 Å². The molecule has 0 amide bonds. The van der Waals surface area contributed by atoms with Crippen LogP contribution in [-0.2, 0) is 16.6 Å². The Balaban J connectivity index is 1.77. The lowest BCUT2D eigenvalue weighted by Crippen LogP contribution is -2.31. The molecule has 0 bridgehead atoms. The highest BCUT2D eigenvalue weighted by Gasteiger charge is 2.21. The van der Waals surface area contributed by atoms with Gasteiger partial charge in [-0.1, -0.05) is 12.5 Å². The molecule has 1 aromatic heterocycles. The van der Waals surface area contributed by atoms with Crippen molar-refractivity contribution < 1.29 is 13.2 Å². The molecule has 1 aliphatic rings. The van der Waals surface area contributed by atoms with Crippen LogP contribution in [0.2, 0.25) is 0 Å². The zero-order valence-corrected chi connectivity index (χ0v) is 16.0. The fraction of sp³-hybridized carbons (Fsp3) is 0.450. The van der Waals surface area contributed by atoms with Crippen molar-refractivity contribution in [3.63, 3.8) is 0 Å². The van der Waals surface area contributed by atoms with Gasteiger partial charge in [0.1, 0.15) is 5.75 Å². The number of hydrogen-bond donors (Lipinski definition) is 0. The van der Waals surface area contributed by atoms with Crippen LogP contribution in [-0.4, -0.2) is 25.3 Å². The van der Waals surface area contributed by atoms with Crippen molar-refractivity contribution >= 4 is 15.7 Å². The van der Waals surface area contributed by atoms with Gasteiger partial charge in [0.05, 0.1) is 24.1 Å². The van der Waals surface area contributed by atoms with E-state index in [1.807, 2.05) is 36.4 Å². The molecule has 1 saturated carbocycles. The summed E-state index contributed by atoms with van der Waals surface area (Å²) in [6.45, 7) is 1.93. The Bertz CT molecular complexity index is 786. The van der Waals surface area contributed by atoms with Crippen molar-refractivity contribution in [2.24, 2.45) is 0 Å². The molecule has 0 unspecified atom stereocenters. The number of nitrogens with zero attached hydrogens (tertiary/aromatic N) is 2. The minimum absolute atomic E-state index is 0.0492. The Hall–Kier alpha value is -2.08. The number of sulfonamides is 1. The van der Waals surface area contributed by atoms with Crippen molar-refractivity contribution in [2.45, 2.75) is 51.7 Å². The summed E-state index contributed by atoms with van der Waals surface area (Å²) in [5.74, 6) is 0.851. The predicted octanol–water partition coefficient (Wildman–Crippen LogP) is 4.15. The monoisotopic (exact) mass is 374 g/mol. The molecule has 1 fully saturated rings. The molecule has 1 heterocycles. The summed E-state index contributed by atoms with van der Waals surface area (Å²) < 4.78 is 32.6. The minimum atomic E-state index is -3.39. The molecule has 1 aromatic carbocycles. The average molecular weight is 375 g/mol. The lowest BCUT2D eigenvalue weighted by molar-refractivity contribution is 0.155. The van der Waals surface area contributed by atoms with Gasteiger partial charge in [0.15, 0.2) is 0 Å². The summed E-state index contributed by atoms with van der Waals surface area (Å²) in [6, 6.07) is 11.1. The predicted molar refractivity (Wildman–Crippen MR) is 104 cm³/mol. The lowest BCUT2D eigenvalue weighted by Gasteiger charge is -2.25. The maximum absolute atomic E-state index is 12.6. The van der Waals surface area contributed by atoms with E-state index in [0.717, 1.165) is 24.2 Å². The third kappa shape index (κ3) is 4.75. The van der Waals surface area contributed by atoms with Crippen molar-refractivity contribution in [2.75, 3.05) is 10.1 Å². The third-order valence-corrected chi connectivity index (χ3v) is 6.47. The Kier molecular flexibility index (Phi) is 6.14. The van der Waals surface area contributed by atoms with Crippen LogP contribution in [0.5, 0.6) is 5.75 Å². The average Bonchev–Trinajstić information content (AvgIpc) is 2.68. The minimum Gasteiger partial charge on any atom is -0.490 e. The second kappa shape index (κ2) is 8.54. The molecule has 0 radical (unpaired) electrons. The fourth-order valence-corrected chi connectivity index (χ4v) is 4.33. The van der Waals surface area contributed by atoms with Gasteiger partial charge in [0.2, 0.25) is 10.0 Å². The zero-order valence-electron chi connectivity index (χ0n) is 15.2. The summed E-state index contributed by atoms with van der Waals surface area (Å²) in [6.07, 6.45) is 9.57. The lowest BCUT2D eigenvalue weighted by atomic mass is 9.98. The standard InChI is InChI=1S/C20H26N2O3S/c1-2-26(23,24)22(16-17-7-6-14-21-15-17)18-10-12-20(13-11-18)25-19-8-4-3-5-9-19/h6-7,10-15,19H,2-5,8-9,16H2,1H3. The zero-order chi connectivity index (χ0) is 18.4. The first-order valence-corrected chi connectivity index (χ1v) is 10.9. The van der Waals surface area contributed by atoms with E-state index in [1.165, 1.54) is 23.6 Å². The highest BCUT2D eigenvalue weighted by atomic mass is 32.2. The highest BCUT2D eigenvalue weighted by molar-refractivity contribution is 7.92. The summed E-state index contributed by atoms with van der Waals surface area (Å²) >= 11 is 0. The SMILES string of the molecule is CCS(=O)(=O)N(Cc1cccnc1)c1ccc(OC2CCCCC2)cc1. The highest BCUT2D eigenvalue weighted by Crippen LogP contribution is 2.27. The van der Waals surface area contributed by atoms with Crippen LogP contribution < -0.4 is 9.04 Å². The van der Waals surface area contributed by atoms with Crippen molar-refractivity contribution in [1.82, 2.24) is 4.98 Å². The number of rotatable bonds is 7. The fourth-order valence-electron chi connectivity index (χ4n) is 3.23. The molecule has 6 heteroatoms. The van der Waals surface area contributed by atoms with Crippen LogP contribution in [0, 0.1) is 0 Å². The first-order valence-electron chi connectivity index (χ1n) is 9.24. The van der Waals surface area contributed by atoms with Crippen LogP contribution in [0.25, 0.3) is 0 Å². The van der Waals surface area contributed by atoms with Gasteiger partial charge in [-0.15, -0.1) is 0 Å². The van der Waals surface area contributed by atoms with Gasteiger partial charge in [-0.25, -0.2) is 8.42 Å². The quantitative estimate of drug-likeness (QED) is 0.730. The molecule has 26 heavy (non-hydrogen) atoms. The van der Waals surface area contributed by atoms with Crippen molar-refractivity contribution in [3.05, 3.63) is 54.4 Å². The van der Waals surface area contributed by atoms with E-state index in [4.69, 9.17) is 4.74 Å². The first kappa shape index (κ1) is 18.7. The number of anilines is 1. The summed E-state index contributed by atoms with van der Waals surface area (Å²) in [4.78, 5) is 4.08. The van der Waals surface area contributed by atoms with E-state index in [2.05, 4.69) is 4.98 Å². The Morgan fingerprint density at radius 2 is 1.85 bits per heavy atom. The largest absolute Gasteiger partial charge is 0.490 e. The van der Waals surface area contributed by atoms with Crippen LogP contribution in [0.4, 0.5) is 5.69 Å².